The number of fused-ring (bicyclic) bond motifs is 2. The van der Waals surface area contributed by atoms with Crippen molar-refractivity contribution >= 4 is 79.2 Å². The number of nitrogens with zero attached hydrogens (tertiary/aromatic N) is 2. The number of carbonyl (C=O) groups is 4. The van der Waals surface area contributed by atoms with Crippen LogP contribution >= 0.6 is 22.7 Å². The average Bonchev–Trinajstić information content (AvgIpc) is 3.66. The van der Waals surface area contributed by atoms with Gasteiger partial charge in [-0.05, 0) is 49.2 Å². The van der Waals surface area contributed by atoms with Crippen LogP contribution in [0.15, 0.2) is 84.9 Å². The number of hydrogen-bond acceptors (Lipinski definition) is 12. The van der Waals surface area contributed by atoms with Gasteiger partial charge in [0.1, 0.15) is 32.1 Å². The summed E-state index contributed by atoms with van der Waals surface area (Å²) in [6, 6.07) is 26.5. The number of ether oxygens (including phenoxy) is 2. The molecule has 2 atom stereocenters. The van der Waals surface area contributed by atoms with Gasteiger partial charge >= 0.3 is 11.9 Å². The molecule has 2 aliphatic heterocycles. The molecule has 50 heavy (non-hydrogen) atoms. The van der Waals surface area contributed by atoms with Crippen molar-refractivity contribution in [2.75, 3.05) is 34.5 Å². The van der Waals surface area contributed by atoms with E-state index in [2.05, 4.69) is 10.6 Å². The second kappa shape index (κ2) is 13.2. The van der Waals surface area contributed by atoms with Crippen LogP contribution in [0.5, 0.6) is 0 Å². The highest BCUT2D eigenvalue weighted by atomic mass is 32.1. The molecule has 0 radical (unpaired) electrons. The van der Waals surface area contributed by atoms with E-state index in [9.17, 15) is 19.2 Å². The molecule has 4 heterocycles. The predicted octanol–water partition coefficient (Wildman–Crippen LogP) is 6.49. The zero-order chi connectivity index (χ0) is 35.1. The highest BCUT2D eigenvalue weighted by Crippen LogP contribution is 2.50. The fourth-order valence-electron chi connectivity index (χ4n) is 6.13. The summed E-state index contributed by atoms with van der Waals surface area (Å²) in [4.78, 5) is 56.9. The lowest BCUT2D eigenvalue weighted by Gasteiger charge is -2.39. The largest absolute Gasteiger partial charge is 0.462 e. The maximum Gasteiger partial charge on any atom is 0.350 e. The van der Waals surface area contributed by atoms with Crippen molar-refractivity contribution in [3.8, 4) is 0 Å². The van der Waals surface area contributed by atoms with Gasteiger partial charge < -0.3 is 41.4 Å². The van der Waals surface area contributed by atoms with Crippen molar-refractivity contribution in [2.45, 2.75) is 26.2 Å². The number of hydrogen-bond donors (Lipinski definition) is 4. The molecule has 0 fully saturated rings. The molecule has 2 aromatic heterocycles. The second-order valence-electron chi connectivity index (χ2n) is 11.3. The Bertz CT molecular complexity index is 1970. The van der Waals surface area contributed by atoms with Gasteiger partial charge in [-0.25, -0.2) is 9.59 Å². The number of anilines is 6. The van der Waals surface area contributed by atoms with Crippen LogP contribution < -0.4 is 31.9 Å². The number of rotatable bonds is 8. The summed E-state index contributed by atoms with van der Waals surface area (Å²) in [5.74, 6) is -2.01. The van der Waals surface area contributed by atoms with Crippen LogP contribution in [0.25, 0.3) is 0 Å². The number of nitrogens with one attached hydrogen (secondary N) is 2. The number of carbonyl (C=O) groups excluding carboxylic acids is 4. The first-order chi connectivity index (χ1) is 24.2. The van der Waals surface area contributed by atoms with E-state index >= 15 is 0 Å². The lowest BCUT2D eigenvalue weighted by Crippen LogP contribution is -2.44. The van der Waals surface area contributed by atoms with E-state index < -0.39 is 36.1 Å². The zero-order valence-electron chi connectivity index (χ0n) is 27.0. The van der Waals surface area contributed by atoms with Crippen LogP contribution in [-0.4, -0.2) is 37.0 Å². The van der Waals surface area contributed by atoms with E-state index in [1.807, 2.05) is 94.7 Å². The summed E-state index contributed by atoms with van der Waals surface area (Å²) in [6.45, 7) is 3.75. The van der Waals surface area contributed by atoms with Gasteiger partial charge in [0.05, 0.1) is 35.7 Å². The Morgan fingerprint density at radius 3 is 1.34 bits per heavy atom. The minimum absolute atomic E-state index is 0.0735. The Morgan fingerprint density at radius 2 is 1.00 bits per heavy atom. The first-order valence-corrected chi connectivity index (χ1v) is 17.5. The number of nitrogen functional groups attached to an aromatic ring is 2. The van der Waals surface area contributed by atoms with Gasteiger partial charge in [-0.2, -0.15) is 0 Å². The van der Waals surface area contributed by atoms with E-state index in [1.165, 1.54) is 0 Å². The van der Waals surface area contributed by atoms with Crippen LogP contribution in [-0.2, 0) is 9.47 Å². The van der Waals surface area contributed by atoms with Gasteiger partial charge in [-0.15, -0.1) is 22.7 Å². The van der Waals surface area contributed by atoms with Crippen LogP contribution in [0, 0.1) is 0 Å². The van der Waals surface area contributed by atoms with Crippen molar-refractivity contribution in [3.05, 3.63) is 117 Å². The lowest BCUT2D eigenvalue weighted by atomic mass is 10.0. The molecule has 2 aliphatic rings. The van der Waals surface area contributed by atoms with Crippen LogP contribution in [0.2, 0.25) is 0 Å². The third kappa shape index (κ3) is 5.47. The number of amides is 2. The summed E-state index contributed by atoms with van der Waals surface area (Å²) in [7, 11) is 0. The number of thiophene rings is 2. The molecule has 0 bridgehead atoms. The highest BCUT2D eigenvalue weighted by Gasteiger charge is 2.41. The number of esters is 2. The maximum atomic E-state index is 13.6. The molecule has 0 spiro atoms. The smallest absolute Gasteiger partial charge is 0.350 e. The van der Waals surface area contributed by atoms with E-state index in [0.717, 1.165) is 45.2 Å². The third-order valence-electron chi connectivity index (χ3n) is 8.36. The van der Waals surface area contributed by atoms with E-state index in [-0.39, 0.29) is 45.5 Å². The molecule has 0 aliphatic carbocycles. The van der Waals surface area contributed by atoms with Crippen molar-refractivity contribution in [3.63, 3.8) is 0 Å². The SMILES string of the molecule is CCOC(=O)c1sc2c(c1N)C(=O)NC(c1ccc(C3NC(=O)c4c(sc(C(=O)OCC)c4N)N3c3ccccc3)cc1)N2c1ccccc1. The fourth-order valence-corrected chi connectivity index (χ4v) is 8.45. The zero-order valence-corrected chi connectivity index (χ0v) is 28.6. The molecular formula is C36H32N6O6S2. The number of nitrogens with two attached hydrogens (primary N) is 2. The summed E-state index contributed by atoms with van der Waals surface area (Å²) in [5, 5.41) is 7.18. The lowest BCUT2D eigenvalue weighted by molar-refractivity contribution is 0.0523. The topological polar surface area (TPSA) is 169 Å². The molecule has 12 nitrogen and oxygen atoms in total. The molecule has 2 amide bonds. The summed E-state index contributed by atoms with van der Waals surface area (Å²) >= 11 is 2.22. The summed E-state index contributed by atoms with van der Waals surface area (Å²) in [5.41, 5.74) is 16.3. The summed E-state index contributed by atoms with van der Waals surface area (Å²) in [6.07, 6.45) is -1.33. The fraction of sp³-hybridized carbons (Fsp3) is 0.167. The van der Waals surface area contributed by atoms with E-state index in [4.69, 9.17) is 20.9 Å². The maximum absolute atomic E-state index is 13.6. The summed E-state index contributed by atoms with van der Waals surface area (Å²) < 4.78 is 10.4. The first kappa shape index (κ1) is 32.7. The highest BCUT2D eigenvalue weighted by molar-refractivity contribution is 7.19. The van der Waals surface area contributed by atoms with Gasteiger partial charge in [0.15, 0.2) is 0 Å². The van der Waals surface area contributed by atoms with E-state index in [1.54, 1.807) is 13.8 Å². The molecule has 6 N–H and O–H groups in total. The third-order valence-corrected chi connectivity index (χ3v) is 10.7. The van der Waals surface area contributed by atoms with Crippen molar-refractivity contribution in [1.82, 2.24) is 10.6 Å². The van der Waals surface area contributed by atoms with E-state index in [0.29, 0.717) is 10.0 Å². The normalized spacial score (nSPS) is 16.6. The Balaban J connectivity index is 1.29. The molecule has 0 saturated carbocycles. The van der Waals surface area contributed by atoms with Gasteiger partial charge in [-0.1, -0.05) is 60.7 Å². The first-order valence-electron chi connectivity index (χ1n) is 15.8. The Kier molecular flexibility index (Phi) is 8.64. The predicted molar refractivity (Wildman–Crippen MR) is 193 cm³/mol. The monoisotopic (exact) mass is 708 g/mol. The molecular weight excluding hydrogens is 677 g/mol. The molecule has 7 rings (SSSR count). The van der Waals surface area contributed by atoms with Crippen LogP contribution in [0.1, 0.15) is 77.4 Å². The Labute approximate surface area is 295 Å². The van der Waals surface area contributed by atoms with Gasteiger partial charge in [0, 0.05) is 11.4 Å². The molecule has 254 valence electrons. The molecule has 14 heteroatoms. The molecule has 3 aromatic carbocycles. The molecule has 0 saturated heterocycles. The quantitative estimate of drug-likeness (QED) is 0.131. The van der Waals surface area contributed by atoms with Gasteiger partial charge in [-0.3, -0.25) is 9.59 Å². The molecule has 2 unspecified atom stereocenters. The van der Waals surface area contributed by atoms with Crippen LogP contribution in [0.3, 0.4) is 0 Å². The van der Waals surface area contributed by atoms with Crippen molar-refractivity contribution in [1.29, 1.82) is 0 Å². The van der Waals surface area contributed by atoms with Crippen LogP contribution in [0.4, 0.5) is 32.8 Å². The van der Waals surface area contributed by atoms with Crippen molar-refractivity contribution in [2.24, 2.45) is 0 Å². The van der Waals surface area contributed by atoms with Crippen molar-refractivity contribution < 1.29 is 28.7 Å². The van der Waals surface area contributed by atoms with Gasteiger partial charge in [0.25, 0.3) is 11.8 Å². The Morgan fingerprint density at radius 1 is 0.640 bits per heavy atom. The standard InChI is InChI=1S/C36H32N6O6S2/c1-3-47-35(45)27-25(37)23-31(43)39-29(41(33(23)49-27)21-11-7-5-8-12-21)19-15-17-20(18-16-19)30-40-32(44)24-26(38)28(36(46)48-4-2)50-34(24)42(30)22-13-9-6-10-14-22/h5-18,29-30H,3-4,37-38H2,1-2H3,(H,39,43)(H,40,44). The van der Waals surface area contributed by atoms with Gasteiger partial charge in [0.2, 0.25) is 0 Å². The Hall–Kier alpha value is -5.86. The number of benzene rings is 3. The number of para-hydroxylation sites is 2. The minimum atomic E-state index is -0.665. The molecule has 5 aromatic rings. The minimum Gasteiger partial charge on any atom is -0.462 e. The second-order valence-corrected chi connectivity index (χ2v) is 13.3. The average molecular weight is 709 g/mol.